The minimum Gasteiger partial charge on any atom is -0.398 e. The molecule has 0 saturated heterocycles. The average Bonchev–Trinajstić information content (AvgIpc) is 2.33. The van der Waals surface area contributed by atoms with Crippen LogP contribution in [0.25, 0.3) is 0 Å². The molecule has 19 heavy (non-hydrogen) atoms. The first-order chi connectivity index (χ1) is 8.88. The molecule has 4 N–H and O–H groups in total. The number of primary sulfonamides is 1. The number of hydrogen-bond donors (Lipinski definition) is 2. The summed E-state index contributed by atoms with van der Waals surface area (Å²) in [5.41, 5.74) is 6.24. The molecule has 0 spiro atoms. The number of benzene rings is 2. The van der Waals surface area contributed by atoms with E-state index in [0.717, 1.165) is 14.3 Å². The van der Waals surface area contributed by atoms with Gasteiger partial charge in [0.15, 0.2) is 0 Å². The Morgan fingerprint density at radius 3 is 2.32 bits per heavy atom. The van der Waals surface area contributed by atoms with Crippen LogP contribution in [0.15, 0.2) is 61.6 Å². The Kier molecular flexibility index (Phi) is 4.19. The Morgan fingerprint density at radius 2 is 1.74 bits per heavy atom. The van der Waals surface area contributed by atoms with Crippen LogP contribution in [0.3, 0.4) is 0 Å². The Hall–Kier alpha value is -1.02. The summed E-state index contributed by atoms with van der Waals surface area (Å²) < 4.78 is 23.4. The van der Waals surface area contributed by atoms with Gasteiger partial charge in [0, 0.05) is 20.0 Å². The third-order valence-electron chi connectivity index (χ3n) is 2.37. The predicted molar refractivity (Wildman–Crippen MR) is 80.5 cm³/mol. The van der Waals surface area contributed by atoms with Gasteiger partial charge in [0.05, 0.1) is 4.90 Å². The number of nitrogens with two attached hydrogens (primary N) is 2. The molecule has 2 rings (SSSR count). The summed E-state index contributed by atoms with van der Waals surface area (Å²) in [6, 6.07) is 12.2. The van der Waals surface area contributed by atoms with Gasteiger partial charge in [-0.05, 0) is 46.3 Å². The van der Waals surface area contributed by atoms with Crippen LogP contribution < -0.4 is 10.9 Å². The van der Waals surface area contributed by atoms with Crippen LogP contribution in [-0.2, 0) is 10.0 Å². The molecule has 0 fully saturated rings. The molecule has 0 bridgehead atoms. The van der Waals surface area contributed by atoms with Gasteiger partial charge in [0.25, 0.3) is 0 Å². The van der Waals surface area contributed by atoms with E-state index in [1.807, 2.05) is 24.3 Å². The van der Waals surface area contributed by atoms with Crippen LogP contribution in [-0.4, -0.2) is 8.42 Å². The van der Waals surface area contributed by atoms with Crippen molar-refractivity contribution in [1.82, 2.24) is 0 Å². The van der Waals surface area contributed by atoms with Gasteiger partial charge < -0.3 is 5.73 Å². The molecule has 0 amide bonds. The maximum absolute atomic E-state index is 11.2. The van der Waals surface area contributed by atoms with Crippen LogP contribution >= 0.6 is 27.7 Å². The van der Waals surface area contributed by atoms with E-state index in [1.165, 1.54) is 23.9 Å². The molecule has 7 heteroatoms. The molecular weight excluding hydrogens is 348 g/mol. The molecule has 0 heterocycles. The zero-order chi connectivity index (χ0) is 14.0. The van der Waals surface area contributed by atoms with E-state index in [-0.39, 0.29) is 4.90 Å². The van der Waals surface area contributed by atoms with Gasteiger partial charge in [0.1, 0.15) is 0 Å². The second-order valence-corrected chi connectivity index (χ2v) is 7.28. The lowest BCUT2D eigenvalue weighted by atomic mass is 10.3. The highest BCUT2D eigenvalue weighted by Gasteiger charge is 2.11. The van der Waals surface area contributed by atoms with Crippen molar-refractivity contribution >= 4 is 43.4 Å². The summed E-state index contributed by atoms with van der Waals surface area (Å²) in [5.74, 6) is 0. The average molecular weight is 359 g/mol. The molecule has 100 valence electrons. The van der Waals surface area contributed by atoms with Crippen molar-refractivity contribution in [3.8, 4) is 0 Å². The first-order valence-electron chi connectivity index (χ1n) is 5.22. The minimum atomic E-state index is -3.72. The molecule has 2 aromatic carbocycles. The monoisotopic (exact) mass is 358 g/mol. The molecule has 0 aliphatic heterocycles. The summed E-state index contributed by atoms with van der Waals surface area (Å²) in [6.45, 7) is 0. The standard InChI is InChI=1S/C12H11BrN2O2S2/c13-9-3-1-2-4-11(9)18-12-6-5-8(7-10(12)14)19(15,16)17/h1-7H,14H2,(H2,15,16,17). The van der Waals surface area contributed by atoms with Crippen molar-refractivity contribution in [2.75, 3.05) is 5.73 Å². The lowest BCUT2D eigenvalue weighted by molar-refractivity contribution is 0.598. The smallest absolute Gasteiger partial charge is 0.238 e. The SMILES string of the molecule is Nc1cc(S(N)(=O)=O)ccc1Sc1ccccc1Br. The van der Waals surface area contributed by atoms with Crippen molar-refractivity contribution in [3.63, 3.8) is 0 Å². The molecule has 0 radical (unpaired) electrons. The van der Waals surface area contributed by atoms with Crippen molar-refractivity contribution in [2.45, 2.75) is 14.7 Å². The summed E-state index contributed by atoms with van der Waals surface area (Å²) in [7, 11) is -3.72. The topological polar surface area (TPSA) is 86.2 Å². The maximum Gasteiger partial charge on any atom is 0.238 e. The molecule has 0 atom stereocenters. The van der Waals surface area contributed by atoms with E-state index in [9.17, 15) is 8.42 Å². The number of halogens is 1. The fraction of sp³-hybridized carbons (Fsp3) is 0. The van der Waals surface area contributed by atoms with Gasteiger partial charge in [-0.15, -0.1) is 0 Å². The van der Waals surface area contributed by atoms with Gasteiger partial charge >= 0.3 is 0 Å². The fourth-order valence-corrected chi connectivity index (χ4v) is 3.38. The summed E-state index contributed by atoms with van der Waals surface area (Å²) >= 11 is 4.90. The van der Waals surface area contributed by atoms with Gasteiger partial charge in [-0.3, -0.25) is 0 Å². The van der Waals surface area contributed by atoms with Gasteiger partial charge in [0.2, 0.25) is 10.0 Å². The number of rotatable bonds is 3. The second-order valence-electron chi connectivity index (χ2n) is 3.78. The Labute approximate surface area is 124 Å². The van der Waals surface area contributed by atoms with Crippen molar-refractivity contribution in [2.24, 2.45) is 5.14 Å². The summed E-state index contributed by atoms with van der Waals surface area (Å²) in [5, 5.41) is 5.05. The fourth-order valence-electron chi connectivity index (χ4n) is 1.44. The Morgan fingerprint density at radius 1 is 1.05 bits per heavy atom. The van der Waals surface area contributed by atoms with Gasteiger partial charge in [-0.25, -0.2) is 13.6 Å². The van der Waals surface area contributed by atoms with Crippen LogP contribution in [0, 0.1) is 0 Å². The van der Waals surface area contributed by atoms with Gasteiger partial charge in [-0.2, -0.15) is 0 Å². The molecule has 2 aromatic rings. The van der Waals surface area contributed by atoms with Crippen LogP contribution in [0.5, 0.6) is 0 Å². The van der Waals surface area contributed by atoms with E-state index in [2.05, 4.69) is 15.9 Å². The molecule has 0 unspecified atom stereocenters. The summed E-state index contributed by atoms with van der Waals surface area (Å²) in [4.78, 5) is 1.79. The largest absolute Gasteiger partial charge is 0.398 e. The normalized spacial score (nSPS) is 11.5. The first kappa shape index (κ1) is 14.4. The van der Waals surface area contributed by atoms with E-state index in [4.69, 9.17) is 10.9 Å². The zero-order valence-electron chi connectivity index (χ0n) is 9.71. The molecule has 0 aromatic heterocycles. The van der Waals surface area contributed by atoms with Crippen LogP contribution in [0.4, 0.5) is 5.69 Å². The van der Waals surface area contributed by atoms with Crippen molar-refractivity contribution in [3.05, 3.63) is 46.9 Å². The van der Waals surface area contributed by atoms with E-state index in [1.54, 1.807) is 6.07 Å². The zero-order valence-corrected chi connectivity index (χ0v) is 12.9. The second kappa shape index (κ2) is 5.54. The van der Waals surface area contributed by atoms with Gasteiger partial charge in [-0.1, -0.05) is 23.9 Å². The van der Waals surface area contributed by atoms with Crippen LogP contribution in [0.1, 0.15) is 0 Å². The quantitative estimate of drug-likeness (QED) is 0.825. The number of sulfonamides is 1. The third-order valence-corrected chi connectivity index (χ3v) is 5.40. The predicted octanol–water partition coefficient (Wildman–Crippen LogP) is 2.83. The minimum absolute atomic E-state index is 0.0153. The Balaban J connectivity index is 2.36. The molecule has 0 aliphatic carbocycles. The molecule has 0 saturated carbocycles. The molecule has 4 nitrogen and oxygen atoms in total. The molecule has 0 aliphatic rings. The maximum atomic E-state index is 11.2. The highest BCUT2D eigenvalue weighted by Crippen LogP contribution is 2.36. The highest BCUT2D eigenvalue weighted by atomic mass is 79.9. The van der Waals surface area contributed by atoms with E-state index >= 15 is 0 Å². The lowest BCUT2D eigenvalue weighted by Gasteiger charge is -2.08. The first-order valence-corrected chi connectivity index (χ1v) is 8.38. The number of nitrogen functional groups attached to an aromatic ring is 1. The third kappa shape index (κ3) is 3.50. The number of hydrogen-bond acceptors (Lipinski definition) is 4. The lowest BCUT2D eigenvalue weighted by Crippen LogP contribution is -2.12. The highest BCUT2D eigenvalue weighted by molar-refractivity contribution is 9.10. The summed E-state index contributed by atoms with van der Waals surface area (Å²) in [6.07, 6.45) is 0. The van der Waals surface area contributed by atoms with Crippen molar-refractivity contribution in [1.29, 1.82) is 0 Å². The Bertz CT molecular complexity index is 717. The number of anilines is 1. The van der Waals surface area contributed by atoms with Crippen molar-refractivity contribution < 1.29 is 8.42 Å². The van der Waals surface area contributed by atoms with E-state index in [0.29, 0.717) is 5.69 Å². The van der Waals surface area contributed by atoms with E-state index < -0.39 is 10.0 Å². The molecular formula is C12H11BrN2O2S2. The van der Waals surface area contributed by atoms with Crippen LogP contribution in [0.2, 0.25) is 0 Å².